The first-order chi connectivity index (χ1) is 10.1. The van der Waals surface area contributed by atoms with Gasteiger partial charge < -0.3 is 10.6 Å². The highest BCUT2D eigenvalue weighted by molar-refractivity contribution is 5.92. The monoisotopic (exact) mass is 282 g/mol. The van der Waals surface area contributed by atoms with E-state index in [-0.39, 0.29) is 5.91 Å². The van der Waals surface area contributed by atoms with Gasteiger partial charge in [0.05, 0.1) is 0 Å². The first kappa shape index (κ1) is 13.5. The fourth-order valence-corrected chi connectivity index (χ4v) is 2.02. The van der Waals surface area contributed by atoms with Crippen LogP contribution in [0.15, 0.2) is 30.5 Å². The molecule has 1 aromatic heterocycles. The summed E-state index contributed by atoms with van der Waals surface area (Å²) in [6, 6.07) is 8.09. The molecule has 5 nitrogen and oxygen atoms in total. The molecule has 0 spiro atoms. The number of nitrogens with one attached hydrogen (secondary N) is 2. The van der Waals surface area contributed by atoms with Crippen molar-refractivity contribution < 1.29 is 4.79 Å². The average molecular weight is 282 g/mol. The highest BCUT2D eigenvalue weighted by Gasteiger charge is 2.24. The molecule has 21 heavy (non-hydrogen) atoms. The van der Waals surface area contributed by atoms with Gasteiger partial charge in [-0.15, -0.1) is 0 Å². The van der Waals surface area contributed by atoms with Crippen LogP contribution in [0.2, 0.25) is 0 Å². The maximum Gasteiger partial charge on any atom is 0.270 e. The van der Waals surface area contributed by atoms with E-state index in [2.05, 4.69) is 26.7 Å². The topological polar surface area (TPSA) is 66.9 Å². The maximum absolute atomic E-state index is 12.0. The van der Waals surface area contributed by atoms with Gasteiger partial charge in [-0.3, -0.25) is 4.79 Å². The number of amides is 1. The molecule has 5 heteroatoms. The fraction of sp³-hybridized carbons (Fsp3) is 0.312. The smallest absolute Gasteiger partial charge is 0.270 e. The van der Waals surface area contributed by atoms with Crippen LogP contribution in [-0.2, 0) is 0 Å². The molecular weight excluding hydrogens is 264 g/mol. The zero-order valence-corrected chi connectivity index (χ0v) is 12.2. The van der Waals surface area contributed by atoms with Crippen LogP contribution in [0.1, 0.15) is 34.5 Å². The Labute approximate surface area is 123 Å². The van der Waals surface area contributed by atoms with Gasteiger partial charge in [-0.2, -0.15) is 0 Å². The lowest BCUT2D eigenvalue weighted by Gasteiger charge is -2.10. The largest absolute Gasteiger partial charge is 0.348 e. The minimum atomic E-state index is -0.135. The Morgan fingerprint density at radius 3 is 2.81 bits per heavy atom. The van der Waals surface area contributed by atoms with Crippen molar-refractivity contribution in [3.05, 3.63) is 47.3 Å². The molecule has 0 aliphatic heterocycles. The van der Waals surface area contributed by atoms with Crippen LogP contribution in [-0.4, -0.2) is 21.9 Å². The third-order valence-electron chi connectivity index (χ3n) is 3.44. The van der Waals surface area contributed by atoms with E-state index in [1.807, 2.05) is 26.0 Å². The number of aromatic nitrogens is 2. The Balaban J connectivity index is 1.79. The van der Waals surface area contributed by atoms with Crippen LogP contribution in [0.3, 0.4) is 0 Å². The van der Waals surface area contributed by atoms with Crippen molar-refractivity contribution in [2.45, 2.75) is 32.7 Å². The van der Waals surface area contributed by atoms with Crippen LogP contribution >= 0.6 is 0 Å². The third kappa shape index (κ3) is 3.37. The van der Waals surface area contributed by atoms with E-state index in [1.54, 1.807) is 12.3 Å². The summed E-state index contributed by atoms with van der Waals surface area (Å²) in [5.74, 6) is 0.302. The zero-order valence-electron chi connectivity index (χ0n) is 12.2. The Hall–Kier alpha value is -2.43. The van der Waals surface area contributed by atoms with Gasteiger partial charge in [0.25, 0.3) is 5.91 Å². The number of anilines is 2. The van der Waals surface area contributed by atoms with Gasteiger partial charge in [0.2, 0.25) is 5.95 Å². The molecule has 1 heterocycles. The van der Waals surface area contributed by atoms with Gasteiger partial charge in [-0.05, 0) is 49.9 Å². The predicted octanol–water partition coefficient (Wildman–Crippen LogP) is 2.73. The van der Waals surface area contributed by atoms with Crippen LogP contribution in [0.25, 0.3) is 0 Å². The highest BCUT2D eigenvalue weighted by atomic mass is 16.2. The van der Waals surface area contributed by atoms with Crippen molar-refractivity contribution in [2.75, 3.05) is 5.32 Å². The summed E-state index contributed by atoms with van der Waals surface area (Å²) >= 11 is 0. The van der Waals surface area contributed by atoms with E-state index in [0.717, 1.165) is 29.7 Å². The molecule has 1 amide bonds. The minimum Gasteiger partial charge on any atom is -0.348 e. The lowest BCUT2D eigenvalue weighted by molar-refractivity contribution is 0.0946. The summed E-state index contributed by atoms with van der Waals surface area (Å²) in [5.41, 5.74) is 3.61. The van der Waals surface area contributed by atoms with Crippen molar-refractivity contribution in [1.29, 1.82) is 0 Å². The van der Waals surface area contributed by atoms with Crippen molar-refractivity contribution in [2.24, 2.45) is 0 Å². The molecule has 2 N–H and O–H groups in total. The van der Waals surface area contributed by atoms with E-state index in [4.69, 9.17) is 0 Å². The Morgan fingerprint density at radius 1 is 1.24 bits per heavy atom. The van der Waals surface area contributed by atoms with Crippen LogP contribution in [0.5, 0.6) is 0 Å². The number of nitrogens with zero attached hydrogens (tertiary/aromatic N) is 2. The van der Waals surface area contributed by atoms with Gasteiger partial charge in [0.15, 0.2) is 0 Å². The molecule has 108 valence electrons. The first-order valence-electron chi connectivity index (χ1n) is 7.10. The van der Waals surface area contributed by atoms with Gasteiger partial charge in [-0.25, -0.2) is 9.97 Å². The van der Waals surface area contributed by atoms with Crippen molar-refractivity contribution in [3.63, 3.8) is 0 Å². The number of hydrogen-bond donors (Lipinski definition) is 2. The number of benzene rings is 1. The normalized spacial score (nSPS) is 13.8. The average Bonchev–Trinajstić information content (AvgIpc) is 3.27. The molecule has 2 aromatic rings. The molecule has 0 radical (unpaired) electrons. The molecule has 1 fully saturated rings. The second-order valence-corrected chi connectivity index (χ2v) is 5.46. The molecule has 1 saturated carbocycles. The second kappa shape index (κ2) is 5.52. The van der Waals surface area contributed by atoms with Crippen molar-refractivity contribution >= 4 is 17.5 Å². The molecule has 1 aromatic carbocycles. The number of carbonyl (C=O) groups is 1. The molecule has 0 bridgehead atoms. The first-order valence-corrected chi connectivity index (χ1v) is 7.10. The Bertz CT molecular complexity index is 680. The van der Waals surface area contributed by atoms with Gasteiger partial charge in [0, 0.05) is 17.9 Å². The summed E-state index contributed by atoms with van der Waals surface area (Å²) in [6.07, 6.45) is 3.72. The third-order valence-corrected chi connectivity index (χ3v) is 3.44. The lowest BCUT2D eigenvalue weighted by atomic mass is 10.1. The molecule has 0 atom stereocenters. The maximum atomic E-state index is 12.0. The second-order valence-electron chi connectivity index (χ2n) is 5.46. The standard InChI is InChI=1S/C16H18N4O/c1-10-3-4-11(2)14(9-10)20-16-17-8-7-13(19-16)15(21)18-12-5-6-12/h3-4,7-9,12H,5-6H2,1-2H3,(H,18,21)(H,17,19,20). The number of carbonyl (C=O) groups excluding carboxylic acids is 1. The van der Waals surface area contributed by atoms with Crippen LogP contribution < -0.4 is 10.6 Å². The molecule has 3 rings (SSSR count). The molecule has 0 saturated heterocycles. The summed E-state index contributed by atoms with van der Waals surface area (Å²) < 4.78 is 0. The van der Waals surface area contributed by atoms with E-state index < -0.39 is 0 Å². The van der Waals surface area contributed by atoms with E-state index >= 15 is 0 Å². The van der Waals surface area contributed by atoms with Gasteiger partial charge in [-0.1, -0.05) is 12.1 Å². The summed E-state index contributed by atoms with van der Waals surface area (Å²) in [6.45, 7) is 4.05. The number of hydrogen-bond acceptors (Lipinski definition) is 4. The van der Waals surface area contributed by atoms with E-state index in [9.17, 15) is 4.79 Å². The number of aryl methyl sites for hydroxylation is 2. The Kier molecular flexibility index (Phi) is 3.56. The zero-order chi connectivity index (χ0) is 14.8. The molecule has 0 unspecified atom stereocenters. The summed E-state index contributed by atoms with van der Waals surface area (Å²) in [7, 11) is 0. The van der Waals surface area contributed by atoms with Crippen molar-refractivity contribution in [3.8, 4) is 0 Å². The minimum absolute atomic E-state index is 0.135. The Morgan fingerprint density at radius 2 is 2.05 bits per heavy atom. The highest BCUT2D eigenvalue weighted by Crippen LogP contribution is 2.21. The van der Waals surface area contributed by atoms with E-state index in [1.165, 1.54) is 0 Å². The summed E-state index contributed by atoms with van der Waals surface area (Å²) in [4.78, 5) is 20.5. The SMILES string of the molecule is Cc1ccc(C)c(Nc2nccc(C(=O)NC3CC3)n2)c1. The van der Waals surface area contributed by atoms with Crippen molar-refractivity contribution in [1.82, 2.24) is 15.3 Å². The molecular formula is C16H18N4O. The molecule has 1 aliphatic rings. The molecule has 1 aliphatic carbocycles. The van der Waals surface area contributed by atoms with Crippen LogP contribution in [0, 0.1) is 13.8 Å². The summed E-state index contributed by atoms with van der Waals surface area (Å²) in [5, 5.41) is 6.10. The number of rotatable bonds is 4. The van der Waals surface area contributed by atoms with E-state index in [0.29, 0.717) is 17.7 Å². The predicted molar refractivity (Wildman–Crippen MR) is 81.7 cm³/mol. The lowest BCUT2D eigenvalue weighted by Crippen LogP contribution is -2.26. The van der Waals surface area contributed by atoms with Gasteiger partial charge >= 0.3 is 0 Å². The quantitative estimate of drug-likeness (QED) is 0.905. The fourth-order valence-electron chi connectivity index (χ4n) is 2.02. The van der Waals surface area contributed by atoms with Gasteiger partial charge in [0.1, 0.15) is 5.69 Å². The van der Waals surface area contributed by atoms with Crippen LogP contribution in [0.4, 0.5) is 11.6 Å².